The summed E-state index contributed by atoms with van der Waals surface area (Å²) in [6.07, 6.45) is 0. The predicted molar refractivity (Wildman–Crippen MR) is 90.0 cm³/mol. The Bertz CT molecular complexity index is 690. The molecule has 0 aromatic heterocycles. The molecule has 116 valence electrons. The molecule has 2 aromatic carbocycles. The van der Waals surface area contributed by atoms with E-state index < -0.39 is 0 Å². The predicted octanol–water partition coefficient (Wildman–Crippen LogP) is 4.77. The van der Waals surface area contributed by atoms with Gasteiger partial charge in [-0.1, -0.05) is 40.9 Å². The van der Waals surface area contributed by atoms with Crippen molar-refractivity contribution < 1.29 is 9.53 Å². The van der Waals surface area contributed by atoms with E-state index in [9.17, 15) is 4.79 Å². The van der Waals surface area contributed by atoms with Gasteiger partial charge in [-0.2, -0.15) is 0 Å². The number of nitrogens with one attached hydrogen (secondary N) is 2. The molecule has 0 heterocycles. The summed E-state index contributed by atoms with van der Waals surface area (Å²) in [6, 6.07) is 10.3. The summed E-state index contributed by atoms with van der Waals surface area (Å²) in [4.78, 5) is 11.8. The van der Waals surface area contributed by atoms with E-state index in [1.165, 1.54) is 0 Å². The molecule has 0 unspecified atom stereocenters. The van der Waals surface area contributed by atoms with E-state index in [0.29, 0.717) is 15.8 Å². The lowest BCUT2D eigenvalue weighted by Crippen LogP contribution is -2.32. The molecule has 2 rings (SSSR count). The average Bonchev–Trinajstić information content (AvgIpc) is 2.44. The van der Waals surface area contributed by atoms with Crippen molar-refractivity contribution in [1.82, 2.24) is 5.32 Å². The van der Waals surface area contributed by atoms with Crippen molar-refractivity contribution in [3.05, 3.63) is 57.6 Å². The minimum atomic E-state index is -0.350. The van der Waals surface area contributed by atoms with Crippen molar-refractivity contribution in [1.29, 1.82) is 0 Å². The Labute approximate surface area is 139 Å². The number of hydrogen-bond donors (Lipinski definition) is 2. The summed E-state index contributed by atoms with van der Waals surface area (Å²) in [5.41, 5.74) is 2.90. The molecule has 0 aliphatic carbocycles. The SMILES string of the molecule is Cc1ccc(NC(=O)NCOc2ccc(Cl)cc2Cl)c(C)c1. The smallest absolute Gasteiger partial charge is 0.321 e. The second-order valence-corrected chi connectivity index (χ2v) is 5.66. The van der Waals surface area contributed by atoms with Gasteiger partial charge < -0.3 is 15.4 Å². The molecule has 22 heavy (non-hydrogen) atoms. The number of amides is 2. The molecule has 0 fully saturated rings. The van der Waals surface area contributed by atoms with E-state index in [4.69, 9.17) is 27.9 Å². The second-order valence-electron chi connectivity index (χ2n) is 4.81. The van der Waals surface area contributed by atoms with Crippen LogP contribution < -0.4 is 15.4 Å². The van der Waals surface area contributed by atoms with Gasteiger partial charge in [-0.15, -0.1) is 0 Å². The van der Waals surface area contributed by atoms with Gasteiger partial charge in [0, 0.05) is 10.7 Å². The molecule has 0 aliphatic heterocycles. The van der Waals surface area contributed by atoms with Crippen LogP contribution in [0.3, 0.4) is 0 Å². The largest absolute Gasteiger partial charge is 0.472 e. The molecular weight excluding hydrogens is 323 g/mol. The van der Waals surface area contributed by atoms with E-state index in [1.54, 1.807) is 18.2 Å². The highest BCUT2D eigenvalue weighted by molar-refractivity contribution is 6.35. The van der Waals surface area contributed by atoms with E-state index in [0.717, 1.165) is 16.8 Å². The topological polar surface area (TPSA) is 50.4 Å². The number of urea groups is 1. The van der Waals surface area contributed by atoms with Crippen LogP contribution in [0.25, 0.3) is 0 Å². The lowest BCUT2D eigenvalue weighted by Gasteiger charge is -2.12. The van der Waals surface area contributed by atoms with Crippen LogP contribution >= 0.6 is 23.2 Å². The zero-order chi connectivity index (χ0) is 16.1. The molecule has 2 N–H and O–H groups in total. The lowest BCUT2D eigenvalue weighted by molar-refractivity contribution is 0.234. The molecular formula is C16H16Cl2N2O2. The van der Waals surface area contributed by atoms with E-state index in [2.05, 4.69) is 10.6 Å². The molecule has 2 aromatic rings. The highest BCUT2D eigenvalue weighted by Gasteiger charge is 2.06. The Kier molecular flexibility index (Phi) is 5.52. The summed E-state index contributed by atoms with van der Waals surface area (Å²) in [5, 5.41) is 6.28. The molecule has 0 atom stereocenters. The van der Waals surface area contributed by atoms with Gasteiger partial charge >= 0.3 is 6.03 Å². The first-order chi connectivity index (χ1) is 10.5. The Balaban J connectivity index is 1.85. The second kappa shape index (κ2) is 7.38. The molecule has 0 bridgehead atoms. The number of anilines is 1. The Hall–Kier alpha value is -1.91. The maximum atomic E-state index is 11.8. The first-order valence-corrected chi connectivity index (χ1v) is 7.41. The fourth-order valence-corrected chi connectivity index (χ4v) is 2.36. The third-order valence-corrected chi connectivity index (χ3v) is 3.51. The van der Waals surface area contributed by atoms with Gasteiger partial charge in [-0.05, 0) is 43.7 Å². The zero-order valence-electron chi connectivity index (χ0n) is 12.2. The van der Waals surface area contributed by atoms with Crippen molar-refractivity contribution in [2.75, 3.05) is 12.0 Å². The van der Waals surface area contributed by atoms with Gasteiger partial charge in [0.1, 0.15) is 5.75 Å². The third-order valence-electron chi connectivity index (χ3n) is 2.98. The minimum Gasteiger partial charge on any atom is -0.472 e. The summed E-state index contributed by atoms with van der Waals surface area (Å²) in [7, 11) is 0. The Morgan fingerprint density at radius 3 is 2.59 bits per heavy atom. The summed E-state index contributed by atoms with van der Waals surface area (Å²) in [6.45, 7) is 3.94. The number of benzene rings is 2. The van der Waals surface area contributed by atoms with Gasteiger partial charge in [0.2, 0.25) is 0 Å². The first-order valence-electron chi connectivity index (χ1n) is 6.65. The number of hydrogen-bond acceptors (Lipinski definition) is 2. The summed E-state index contributed by atoms with van der Waals surface area (Å²) >= 11 is 11.8. The van der Waals surface area contributed by atoms with E-state index in [-0.39, 0.29) is 12.8 Å². The first kappa shape index (κ1) is 16.5. The zero-order valence-corrected chi connectivity index (χ0v) is 13.8. The number of aryl methyl sites for hydroxylation is 2. The lowest BCUT2D eigenvalue weighted by atomic mass is 10.1. The van der Waals surface area contributed by atoms with Crippen LogP contribution in [0, 0.1) is 13.8 Å². The van der Waals surface area contributed by atoms with Crippen molar-refractivity contribution in [2.24, 2.45) is 0 Å². The average molecular weight is 339 g/mol. The van der Waals surface area contributed by atoms with Crippen LogP contribution in [0.5, 0.6) is 5.75 Å². The van der Waals surface area contributed by atoms with E-state index >= 15 is 0 Å². The Morgan fingerprint density at radius 2 is 1.91 bits per heavy atom. The quantitative estimate of drug-likeness (QED) is 0.789. The van der Waals surface area contributed by atoms with Crippen molar-refractivity contribution in [3.8, 4) is 5.75 Å². The van der Waals surface area contributed by atoms with Gasteiger partial charge in [0.25, 0.3) is 0 Å². The standard InChI is InChI=1S/C16H16Cl2N2O2/c1-10-3-5-14(11(2)7-10)20-16(21)19-9-22-15-6-4-12(17)8-13(15)18/h3-8H,9H2,1-2H3,(H2,19,20,21). The van der Waals surface area contributed by atoms with Crippen LogP contribution in [0.1, 0.15) is 11.1 Å². The van der Waals surface area contributed by atoms with Gasteiger partial charge in [0.15, 0.2) is 6.73 Å². The number of carbonyl (C=O) groups is 1. The van der Waals surface area contributed by atoms with Crippen LogP contribution in [0.4, 0.5) is 10.5 Å². The summed E-state index contributed by atoms with van der Waals surface area (Å²) in [5.74, 6) is 0.456. The van der Waals surface area contributed by atoms with Crippen LogP contribution in [0.2, 0.25) is 10.0 Å². The maximum absolute atomic E-state index is 11.8. The third kappa shape index (κ3) is 4.55. The molecule has 2 amide bonds. The molecule has 0 aliphatic rings. The van der Waals surface area contributed by atoms with Crippen LogP contribution in [-0.2, 0) is 0 Å². The number of ether oxygens (including phenoxy) is 1. The highest BCUT2D eigenvalue weighted by atomic mass is 35.5. The fourth-order valence-electron chi connectivity index (χ4n) is 1.89. The molecule has 0 saturated carbocycles. The van der Waals surface area contributed by atoms with Crippen molar-refractivity contribution in [2.45, 2.75) is 13.8 Å². The molecule has 0 saturated heterocycles. The molecule has 0 radical (unpaired) electrons. The molecule has 0 spiro atoms. The number of rotatable bonds is 4. The summed E-state index contributed by atoms with van der Waals surface area (Å²) < 4.78 is 5.39. The number of halogens is 2. The van der Waals surface area contributed by atoms with Gasteiger partial charge in [-0.25, -0.2) is 4.79 Å². The Morgan fingerprint density at radius 1 is 1.14 bits per heavy atom. The van der Waals surface area contributed by atoms with Crippen LogP contribution in [0.15, 0.2) is 36.4 Å². The van der Waals surface area contributed by atoms with Gasteiger partial charge in [-0.3, -0.25) is 0 Å². The van der Waals surface area contributed by atoms with Crippen LogP contribution in [-0.4, -0.2) is 12.8 Å². The maximum Gasteiger partial charge on any atom is 0.321 e. The highest BCUT2D eigenvalue weighted by Crippen LogP contribution is 2.27. The van der Waals surface area contributed by atoms with E-state index in [1.807, 2.05) is 32.0 Å². The minimum absolute atomic E-state index is 0.00189. The van der Waals surface area contributed by atoms with Crippen molar-refractivity contribution in [3.63, 3.8) is 0 Å². The molecule has 4 nitrogen and oxygen atoms in total. The monoisotopic (exact) mass is 338 g/mol. The number of carbonyl (C=O) groups excluding carboxylic acids is 1. The fraction of sp³-hybridized carbons (Fsp3) is 0.188. The van der Waals surface area contributed by atoms with Gasteiger partial charge in [0.05, 0.1) is 5.02 Å². The van der Waals surface area contributed by atoms with Crippen molar-refractivity contribution >= 4 is 34.9 Å². The normalized spacial score (nSPS) is 10.2. The molecule has 6 heteroatoms.